The van der Waals surface area contributed by atoms with E-state index in [1.807, 2.05) is 0 Å². The molecule has 0 radical (unpaired) electrons. The van der Waals surface area contributed by atoms with Crippen molar-refractivity contribution in [3.63, 3.8) is 0 Å². The van der Waals surface area contributed by atoms with Crippen LogP contribution in [0.25, 0.3) is 5.76 Å². The predicted molar refractivity (Wildman–Crippen MR) is 80.3 cm³/mol. The smallest absolute Gasteiger partial charge is 0.433 e. The van der Waals surface area contributed by atoms with E-state index in [-0.39, 0.29) is 17.0 Å². The Hall–Kier alpha value is -3.54. The normalized spacial score (nSPS) is 14.1. The molecule has 2 heterocycles. The van der Waals surface area contributed by atoms with Crippen molar-refractivity contribution in [2.75, 3.05) is 5.01 Å². The Kier molecular flexibility index (Phi) is 4.04. The van der Waals surface area contributed by atoms with Crippen LogP contribution in [-0.4, -0.2) is 20.1 Å². The lowest BCUT2D eigenvalue weighted by Crippen LogP contribution is -2.27. The van der Waals surface area contributed by atoms with Gasteiger partial charge in [0.15, 0.2) is 11.5 Å². The average molecular weight is 370 g/mol. The first-order valence-electron chi connectivity index (χ1n) is 6.84. The van der Waals surface area contributed by atoms with Gasteiger partial charge in [0.2, 0.25) is 5.75 Å². The number of hydrogen-bond acceptors (Lipinski definition) is 8. The summed E-state index contributed by atoms with van der Waals surface area (Å²) < 4.78 is 37.6. The fraction of sp³-hybridized carbons (Fsp3) is 0.0714. The van der Waals surface area contributed by atoms with Gasteiger partial charge >= 0.3 is 11.9 Å². The number of phenolic OH excluding ortho intramolecular Hbond substituents is 2. The number of nitrogens with one attached hydrogen (secondary N) is 1. The van der Waals surface area contributed by atoms with E-state index in [0.29, 0.717) is 0 Å². The highest BCUT2D eigenvalue weighted by Crippen LogP contribution is 2.39. The number of alkyl halides is 3. The number of hydrazine groups is 1. The Labute approximate surface area is 142 Å². The quantitative estimate of drug-likeness (QED) is 0.428. The van der Waals surface area contributed by atoms with Crippen LogP contribution in [0, 0.1) is 10.1 Å². The molecule has 0 fully saturated rings. The van der Waals surface area contributed by atoms with Gasteiger partial charge in [-0.15, -0.1) is 0 Å². The van der Waals surface area contributed by atoms with Crippen LogP contribution in [0.3, 0.4) is 0 Å². The van der Waals surface area contributed by atoms with Crippen molar-refractivity contribution in [3.8, 4) is 11.5 Å². The van der Waals surface area contributed by atoms with Gasteiger partial charge in [0, 0.05) is 11.6 Å². The molecule has 0 saturated carbocycles. The summed E-state index contributed by atoms with van der Waals surface area (Å²) in [5, 5.41) is 31.1. The first-order valence-corrected chi connectivity index (χ1v) is 6.84. The lowest BCUT2D eigenvalue weighted by Gasteiger charge is -2.14. The summed E-state index contributed by atoms with van der Waals surface area (Å²) in [7, 11) is 0. The van der Waals surface area contributed by atoms with E-state index in [4.69, 9.17) is 4.84 Å². The molecular formula is C14H9F3N4O5. The van der Waals surface area contributed by atoms with Crippen LogP contribution in [0.2, 0.25) is 0 Å². The Morgan fingerprint density at radius 3 is 2.58 bits per heavy atom. The molecule has 3 N–H and O–H groups in total. The number of halogens is 3. The molecule has 3 rings (SSSR count). The minimum Gasteiger partial charge on any atom is -0.504 e. The maximum atomic E-state index is 12.5. The molecule has 9 nitrogen and oxygen atoms in total. The van der Waals surface area contributed by atoms with Gasteiger partial charge in [0.05, 0.1) is 23.0 Å². The van der Waals surface area contributed by atoms with Crippen LogP contribution in [0.15, 0.2) is 36.7 Å². The number of pyridine rings is 1. The monoisotopic (exact) mass is 370 g/mol. The SMILES string of the molecule is O=[N+]([O-])c1cc(C2=CN(c3ccc(C(F)(F)F)nc3)NO2)cc(O)c1O. The first kappa shape index (κ1) is 17.3. The van der Waals surface area contributed by atoms with Gasteiger partial charge in [-0.25, -0.2) is 9.99 Å². The summed E-state index contributed by atoms with van der Waals surface area (Å²) in [6, 6.07) is 3.92. The van der Waals surface area contributed by atoms with Crippen LogP contribution in [0.5, 0.6) is 11.5 Å². The lowest BCUT2D eigenvalue weighted by molar-refractivity contribution is -0.386. The molecule has 0 atom stereocenters. The third-order valence-corrected chi connectivity index (χ3v) is 3.37. The van der Waals surface area contributed by atoms with E-state index >= 15 is 0 Å². The van der Waals surface area contributed by atoms with E-state index in [2.05, 4.69) is 10.6 Å². The zero-order chi connectivity index (χ0) is 19.1. The molecule has 2 aromatic rings. The Morgan fingerprint density at radius 1 is 1.27 bits per heavy atom. The third kappa shape index (κ3) is 3.17. The third-order valence-electron chi connectivity index (χ3n) is 3.37. The number of aromatic hydroxyl groups is 2. The van der Waals surface area contributed by atoms with Crippen molar-refractivity contribution in [2.45, 2.75) is 6.18 Å². The second kappa shape index (κ2) is 6.07. The van der Waals surface area contributed by atoms with Crippen LogP contribution < -0.4 is 10.6 Å². The van der Waals surface area contributed by atoms with Gasteiger partial charge in [0.1, 0.15) is 5.69 Å². The fourth-order valence-corrected chi connectivity index (χ4v) is 2.11. The number of nitro groups is 1. The molecule has 0 spiro atoms. The van der Waals surface area contributed by atoms with Crippen molar-refractivity contribution in [2.24, 2.45) is 0 Å². The minimum absolute atomic E-state index is 0.0169. The maximum absolute atomic E-state index is 12.5. The zero-order valence-electron chi connectivity index (χ0n) is 12.6. The zero-order valence-corrected chi connectivity index (χ0v) is 12.6. The van der Waals surface area contributed by atoms with Gasteiger partial charge < -0.3 is 15.1 Å². The summed E-state index contributed by atoms with van der Waals surface area (Å²) in [5.74, 6) is -1.61. The number of aromatic nitrogens is 1. The van der Waals surface area contributed by atoms with Crippen LogP contribution in [-0.2, 0) is 11.0 Å². The van der Waals surface area contributed by atoms with E-state index in [9.17, 15) is 33.5 Å². The van der Waals surface area contributed by atoms with E-state index in [1.54, 1.807) is 0 Å². The minimum atomic E-state index is -4.57. The number of hydrogen-bond donors (Lipinski definition) is 3. The molecule has 0 aliphatic carbocycles. The topological polar surface area (TPSA) is 121 Å². The molecule has 1 aromatic heterocycles. The molecule has 12 heteroatoms. The summed E-state index contributed by atoms with van der Waals surface area (Å²) >= 11 is 0. The Morgan fingerprint density at radius 2 is 2.00 bits per heavy atom. The number of anilines is 1. The fourth-order valence-electron chi connectivity index (χ4n) is 2.11. The summed E-state index contributed by atoms with van der Waals surface area (Å²) in [4.78, 5) is 18.4. The molecule has 1 aliphatic rings. The Bertz CT molecular complexity index is 899. The van der Waals surface area contributed by atoms with Crippen LogP contribution in [0.4, 0.5) is 24.5 Å². The summed E-state index contributed by atoms with van der Waals surface area (Å²) in [6.45, 7) is 0. The van der Waals surface area contributed by atoms with Crippen molar-refractivity contribution in [1.29, 1.82) is 0 Å². The number of phenols is 2. The van der Waals surface area contributed by atoms with E-state index < -0.39 is 34.0 Å². The van der Waals surface area contributed by atoms with Gasteiger partial charge in [-0.3, -0.25) is 10.1 Å². The molecule has 0 saturated heterocycles. The highest BCUT2D eigenvalue weighted by molar-refractivity contribution is 5.71. The number of benzene rings is 1. The van der Waals surface area contributed by atoms with Gasteiger partial charge in [0.25, 0.3) is 0 Å². The first-order chi connectivity index (χ1) is 12.2. The molecule has 1 aromatic carbocycles. The summed E-state index contributed by atoms with van der Waals surface area (Å²) in [6.07, 6.45) is -2.34. The second-order valence-electron chi connectivity index (χ2n) is 5.08. The standard InChI is InChI=1S/C14H9F3N4O5/c15-14(16,17)12-2-1-8(5-18-12)20-6-11(26-19-20)7-3-9(21(24)25)13(23)10(22)4-7/h1-6,19,22-23H. The van der Waals surface area contributed by atoms with Crippen molar-refractivity contribution in [3.05, 3.63) is 58.0 Å². The van der Waals surface area contributed by atoms with E-state index in [1.165, 1.54) is 11.2 Å². The van der Waals surface area contributed by atoms with Crippen LogP contribution >= 0.6 is 0 Å². The summed E-state index contributed by atoms with van der Waals surface area (Å²) in [5.41, 5.74) is 0.823. The van der Waals surface area contributed by atoms with E-state index in [0.717, 1.165) is 30.5 Å². The number of nitrogens with zero attached hydrogens (tertiary/aromatic N) is 3. The van der Waals surface area contributed by atoms with Crippen molar-refractivity contribution in [1.82, 2.24) is 10.6 Å². The molecule has 1 aliphatic heterocycles. The van der Waals surface area contributed by atoms with Gasteiger partial charge in [-0.05, 0) is 18.2 Å². The largest absolute Gasteiger partial charge is 0.504 e. The molecule has 0 bridgehead atoms. The molecule has 26 heavy (non-hydrogen) atoms. The lowest BCUT2D eigenvalue weighted by atomic mass is 10.1. The average Bonchev–Trinajstić information content (AvgIpc) is 3.06. The molecule has 0 amide bonds. The van der Waals surface area contributed by atoms with Crippen LogP contribution in [0.1, 0.15) is 11.3 Å². The molecular weight excluding hydrogens is 361 g/mol. The molecule has 0 unspecified atom stereocenters. The van der Waals surface area contributed by atoms with Gasteiger partial charge in [-0.2, -0.15) is 13.2 Å². The van der Waals surface area contributed by atoms with Crippen molar-refractivity contribution < 1.29 is 33.1 Å². The van der Waals surface area contributed by atoms with Crippen molar-refractivity contribution >= 4 is 17.1 Å². The number of rotatable bonds is 3. The second-order valence-corrected chi connectivity index (χ2v) is 5.08. The molecule has 136 valence electrons. The van der Waals surface area contributed by atoms with Gasteiger partial charge in [-0.1, -0.05) is 5.59 Å². The predicted octanol–water partition coefficient (Wildman–Crippen LogP) is 2.67. The highest BCUT2D eigenvalue weighted by atomic mass is 19.4. The highest BCUT2D eigenvalue weighted by Gasteiger charge is 2.32. The number of nitro benzene ring substituents is 1. The Balaban J connectivity index is 1.90. The maximum Gasteiger partial charge on any atom is 0.433 e.